The molecule has 2 aromatic rings. The molecule has 150 valence electrons. The molecule has 0 aromatic heterocycles. The molecule has 4 nitrogen and oxygen atoms in total. The first-order valence-electron chi connectivity index (χ1n) is 9.41. The topological polar surface area (TPSA) is 54.5 Å². The largest absolute Gasteiger partial charge is 0.330 e. The van der Waals surface area contributed by atoms with Crippen LogP contribution in [0.1, 0.15) is 48.7 Å². The maximum absolute atomic E-state index is 13.6. The number of carbonyl (C=O) groups excluding carboxylic acids is 1. The molecule has 0 saturated carbocycles. The van der Waals surface area contributed by atoms with Crippen molar-refractivity contribution in [2.24, 2.45) is 0 Å². The molecular formula is C22H26FNO3S. The van der Waals surface area contributed by atoms with Crippen LogP contribution >= 0.6 is 0 Å². The Bertz CT molecular complexity index is 962. The Kier molecular flexibility index (Phi) is 5.62. The van der Waals surface area contributed by atoms with Gasteiger partial charge in [-0.1, -0.05) is 45.0 Å². The Hall–Kier alpha value is -2.21. The first-order chi connectivity index (χ1) is 13.0. The van der Waals surface area contributed by atoms with Crippen LogP contribution in [0.2, 0.25) is 0 Å². The van der Waals surface area contributed by atoms with Gasteiger partial charge in [-0.05, 0) is 47.2 Å². The van der Waals surface area contributed by atoms with Crippen LogP contribution in [0.25, 0.3) is 0 Å². The molecule has 0 N–H and O–H groups in total. The highest BCUT2D eigenvalue weighted by molar-refractivity contribution is 7.91. The molecule has 1 heterocycles. The van der Waals surface area contributed by atoms with Gasteiger partial charge in [0.25, 0.3) is 5.91 Å². The van der Waals surface area contributed by atoms with E-state index in [0.29, 0.717) is 17.5 Å². The van der Waals surface area contributed by atoms with Gasteiger partial charge in [0.1, 0.15) is 5.82 Å². The SMILES string of the molecule is CC(C)(C)c1ccc(C(=O)N(Cc2cccc(F)c2)[C@H]2CCS(=O)(=O)C2)cc1. The third kappa shape index (κ3) is 4.79. The molecule has 1 atom stereocenters. The monoisotopic (exact) mass is 403 g/mol. The minimum Gasteiger partial charge on any atom is -0.330 e. The van der Waals surface area contributed by atoms with E-state index in [9.17, 15) is 17.6 Å². The molecule has 1 aliphatic heterocycles. The summed E-state index contributed by atoms with van der Waals surface area (Å²) in [5, 5.41) is 0. The Morgan fingerprint density at radius 1 is 1.14 bits per heavy atom. The highest BCUT2D eigenvalue weighted by Crippen LogP contribution is 2.25. The molecule has 0 radical (unpaired) electrons. The fourth-order valence-corrected chi connectivity index (χ4v) is 5.23. The van der Waals surface area contributed by atoms with Crippen LogP contribution in [0.5, 0.6) is 0 Å². The first-order valence-corrected chi connectivity index (χ1v) is 11.2. The van der Waals surface area contributed by atoms with E-state index in [1.807, 2.05) is 12.1 Å². The van der Waals surface area contributed by atoms with E-state index in [4.69, 9.17) is 0 Å². The molecule has 3 rings (SSSR count). The number of benzene rings is 2. The van der Waals surface area contributed by atoms with Gasteiger partial charge in [-0.2, -0.15) is 0 Å². The zero-order valence-electron chi connectivity index (χ0n) is 16.5. The van der Waals surface area contributed by atoms with E-state index in [2.05, 4.69) is 20.8 Å². The number of amides is 1. The standard InChI is InChI=1S/C22H26FNO3S/c1-22(2,3)18-9-7-17(8-10-18)21(25)24(20-11-12-28(26,27)15-20)14-16-5-4-6-19(23)13-16/h4-10,13,20H,11-12,14-15H2,1-3H3/t20-/m0/s1. The second-order valence-corrected chi connectivity index (χ2v) is 10.7. The summed E-state index contributed by atoms with van der Waals surface area (Å²) in [5.41, 5.74) is 2.24. The molecule has 1 fully saturated rings. The van der Waals surface area contributed by atoms with Crippen LogP contribution in [0.4, 0.5) is 4.39 Å². The molecule has 0 unspecified atom stereocenters. The van der Waals surface area contributed by atoms with Gasteiger partial charge in [-0.15, -0.1) is 0 Å². The van der Waals surface area contributed by atoms with Crippen LogP contribution in [-0.4, -0.2) is 36.8 Å². The van der Waals surface area contributed by atoms with Crippen molar-refractivity contribution in [2.75, 3.05) is 11.5 Å². The summed E-state index contributed by atoms with van der Waals surface area (Å²) in [4.78, 5) is 14.8. The lowest BCUT2D eigenvalue weighted by Crippen LogP contribution is -2.40. The molecule has 6 heteroatoms. The summed E-state index contributed by atoms with van der Waals surface area (Å²) in [7, 11) is -3.15. The second-order valence-electron chi connectivity index (χ2n) is 8.45. The van der Waals surface area contributed by atoms with Crippen molar-refractivity contribution in [1.82, 2.24) is 4.90 Å². The maximum atomic E-state index is 13.6. The van der Waals surface area contributed by atoms with E-state index in [-0.39, 0.29) is 35.2 Å². The summed E-state index contributed by atoms with van der Waals surface area (Å²) in [5.74, 6) is -0.577. The van der Waals surface area contributed by atoms with Gasteiger partial charge in [0.2, 0.25) is 0 Å². The van der Waals surface area contributed by atoms with Crippen molar-refractivity contribution in [3.05, 3.63) is 71.0 Å². The van der Waals surface area contributed by atoms with Crippen molar-refractivity contribution in [3.63, 3.8) is 0 Å². The lowest BCUT2D eigenvalue weighted by Gasteiger charge is -2.29. The zero-order valence-corrected chi connectivity index (χ0v) is 17.3. The molecule has 0 bridgehead atoms. The van der Waals surface area contributed by atoms with Crippen LogP contribution in [0.15, 0.2) is 48.5 Å². The highest BCUT2D eigenvalue weighted by Gasteiger charge is 2.35. The maximum Gasteiger partial charge on any atom is 0.254 e. The molecule has 1 amide bonds. The van der Waals surface area contributed by atoms with Gasteiger partial charge in [-0.25, -0.2) is 12.8 Å². The lowest BCUT2D eigenvalue weighted by atomic mass is 9.86. The molecule has 0 spiro atoms. The van der Waals surface area contributed by atoms with Crippen LogP contribution < -0.4 is 0 Å². The predicted molar refractivity (Wildman–Crippen MR) is 108 cm³/mol. The van der Waals surface area contributed by atoms with Crippen molar-refractivity contribution >= 4 is 15.7 Å². The van der Waals surface area contributed by atoms with E-state index in [0.717, 1.165) is 5.56 Å². The van der Waals surface area contributed by atoms with E-state index in [1.54, 1.807) is 29.2 Å². The first kappa shape index (κ1) is 20.5. The number of halogens is 1. The summed E-state index contributed by atoms with van der Waals surface area (Å²) in [6.45, 7) is 6.48. The Labute approximate surface area is 166 Å². The van der Waals surface area contributed by atoms with Crippen molar-refractivity contribution in [3.8, 4) is 0 Å². The lowest BCUT2D eigenvalue weighted by molar-refractivity contribution is 0.0680. The molecule has 2 aromatic carbocycles. The second kappa shape index (κ2) is 7.66. The third-order valence-electron chi connectivity index (χ3n) is 5.15. The fourth-order valence-electron chi connectivity index (χ4n) is 3.50. The Morgan fingerprint density at radius 3 is 2.36 bits per heavy atom. The zero-order chi connectivity index (χ0) is 20.5. The van der Waals surface area contributed by atoms with Gasteiger partial charge in [-0.3, -0.25) is 4.79 Å². The molecule has 28 heavy (non-hydrogen) atoms. The molecule has 1 aliphatic rings. The summed E-state index contributed by atoms with van der Waals surface area (Å²) >= 11 is 0. The predicted octanol–water partition coefficient (Wildman–Crippen LogP) is 3.95. The molecule has 1 saturated heterocycles. The van der Waals surface area contributed by atoms with Crippen molar-refractivity contribution in [1.29, 1.82) is 0 Å². The van der Waals surface area contributed by atoms with Crippen molar-refractivity contribution in [2.45, 2.75) is 45.2 Å². The Balaban J connectivity index is 1.90. The number of nitrogens with zero attached hydrogens (tertiary/aromatic N) is 1. The van der Waals surface area contributed by atoms with Gasteiger partial charge in [0.05, 0.1) is 11.5 Å². The smallest absolute Gasteiger partial charge is 0.254 e. The summed E-state index contributed by atoms with van der Waals surface area (Å²) in [6, 6.07) is 13.1. The summed E-state index contributed by atoms with van der Waals surface area (Å²) in [6.07, 6.45) is 0.406. The minimum absolute atomic E-state index is 0.0254. The quantitative estimate of drug-likeness (QED) is 0.777. The van der Waals surface area contributed by atoms with Gasteiger partial charge in [0.15, 0.2) is 9.84 Å². The average molecular weight is 404 g/mol. The van der Waals surface area contributed by atoms with E-state index >= 15 is 0 Å². The number of carbonyl (C=O) groups is 1. The minimum atomic E-state index is -3.15. The van der Waals surface area contributed by atoms with Crippen molar-refractivity contribution < 1.29 is 17.6 Å². The number of hydrogen-bond donors (Lipinski definition) is 0. The normalized spacial score (nSPS) is 18.8. The third-order valence-corrected chi connectivity index (χ3v) is 6.90. The van der Waals surface area contributed by atoms with Crippen LogP contribution in [0, 0.1) is 5.82 Å². The van der Waals surface area contributed by atoms with Gasteiger partial charge in [0, 0.05) is 18.2 Å². The average Bonchev–Trinajstić information content (AvgIpc) is 2.98. The highest BCUT2D eigenvalue weighted by atomic mass is 32.2. The Morgan fingerprint density at radius 2 is 1.82 bits per heavy atom. The number of hydrogen-bond acceptors (Lipinski definition) is 3. The van der Waals surface area contributed by atoms with Gasteiger partial charge < -0.3 is 4.90 Å². The fraction of sp³-hybridized carbons (Fsp3) is 0.409. The van der Waals surface area contributed by atoms with Crippen LogP contribution in [0.3, 0.4) is 0 Å². The van der Waals surface area contributed by atoms with E-state index in [1.165, 1.54) is 12.1 Å². The van der Waals surface area contributed by atoms with E-state index < -0.39 is 15.9 Å². The number of rotatable bonds is 4. The van der Waals surface area contributed by atoms with Gasteiger partial charge >= 0.3 is 0 Å². The molecular weight excluding hydrogens is 377 g/mol. The summed E-state index contributed by atoms with van der Waals surface area (Å²) < 4.78 is 37.5. The van der Waals surface area contributed by atoms with Crippen LogP contribution in [-0.2, 0) is 21.8 Å². The molecule has 0 aliphatic carbocycles. The number of sulfone groups is 1.